The van der Waals surface area contributed by atoms with E-state index in [4.69, 9.17) is 4.74 Å². The molecule has 0 aliphatic rings. The van der Waals surface area contributed by atoms with Gasteiger partial charge in [-0.2, -0.15) is 0 Å². The van der Waals surface area contributed by atoms with E-state index in [2.05, 4.69) is 10.6 Å². The van der Waals surface area contributed by atoms with Crippen molar-refractivity contribution in [2.45, 2.75) is 26.3 Å². The highest BCUT2D eigenvalue weighted by atomic mass is 16.5. The van der Waals surface area contributed by atoms with E-state index in [9.17, 15) is 24.6 Å². The standard InChI is InChI=1S/C25H27N3O6/c1-14-8-9-18(34-4)11-19(14)16-6-5-7-17(10-16)20(12-21(29)30)26-25(33)27-22-23(31)15(2)13-28(3)24(22)32/h5-11,13,20,31H,12H2,1-4H3,(H,29,30)(H2,26,27,33). The molecule has 0 bridgehead atoms. The minimum absolute atomic E-state index is 0.283. The first-order valence-electron chi connectivity index (χ1n) is 10.5. The summed E-state index contributed by atoms with van der Waals surface area (Å²) in [7, 11) is 3.08. The van der Waals surface area contributed by atoms with Crippen molar-refractivity contribution in [2.75, 3.05) is 12.4 Å². The highest BCUT2D eigenvalue weighted by Crippen LogP contribution is 2.30. The van der Waals surface area contributed by atoms with E-state index in [1.807, 2.05) is 31.2 Å². The first-order chi connectivity index (χ1) is 16.1. The molecule has 9 heteroatoms. The number of methoxy groups -OCH3 is 1. The smallest absolute Gasteiger partial charge is 0.319 e. The molecule has 3 aromatic rings. The molecule has 34 heavy (non-hydrogen) atoms. The summed E-state index contributed by atoms with van der Waals surface area (Å²) >= 11 is 0. The van der Waals surface area contributed by atoms with Crippen LogP contribution in [-0.2, 0) is 11.8 Å². The number of carboxylic acids is 1. The molecule has 3 rings (SSSR count). The van der Waals surface area contributed by atoms with Crippen LogP contribution in [0.1, 0.15) is 29.2 Å². The number of benzene rings is 2. The van der Waals surface area contributed by atoms with Crippen molar-refractivity contribution in [3.8, 4) is 22.6 Å². The van der Waals surface area contributed by atoms with Crippen molar-refractivity contribution >= 4 is 17.7 Å². The van der Waals surface area contributed by atoms with Gasteiger partial charge in [-0.15, -0.1) is 0 Å². The maximum atomic E-state index is 12.7. The molecule has 0 saturated heterocycles. The number of pyridine rings is 1. The number of carbonyl (C=O) groups excluding carboxylic acids is 1. The topological polar surface area (TPSA) is 130 Å². The molecule has 0 spiro atoms. The quantitative estimate of drug-likeness (QED) is 0.421. The van der Waals surface area contributed by atoms with Gasteiger partial charge in [0.15, 0.2) is 5.69 Å². The molecular weight excluding hydrogens is 438 g/mol. The van der Waals surface area contributed by atoms with Gasteiger partial charge in [0, 0.05) is 18.8 Å². The first kappa shape index (κ1) is 24.4. The molecular formula is C25H27N3O6. The summed E-state index contributed by atoms with van der Waals surface area (Å²) in [5.41, 5.74) is 2.84. The third kappa shape index (κ3) is 5.37. The molecule has 0 radical (unpaired) electrons. The van der Waals surface area contributed by atoms with Crippen LogP contribution in [-0.4, -0.2) is 33.9 Å². The molecule has 1 heterocycles. The minimum atomic E-state index is -1.11. The molecule has 4 N–H and O–H groups in total. The van der Waals surface area contributed by atoms with Crippen LogP contribution in [0.4, 0.5) is 10.5 Å². The highest BCUT2D eigenvalue weighted by molar-refractivity contribution is 5.91. The van der Waals surface area contributed by atoms with Crippen LogP contribution in [0.15, 0.2) is 53.5 Å². The predicted octanol–water partition coefficient (Wildman–Crippen LogP) is 3.72. The second-order valence-electron chi connectivity index (χ2n) is 8.01. The summed E-state index contributed by atoms with van der Waals surface area (Å²) < 4.78 is 6.55. The van der Waals surface area contributed by atoms with Gasteiger partial charge >= 0.3 is 12.0 Å². The van der Waals surface area contributed by atoms with E-state index in [0.29, 0.717) is 16.9 Å². The Labute approximate surface area is 196 Å². The van der Waals surface area contributed by atoms with Crippen LogP contribution in [0, 0.1) is 13.8 Å². The Bertz CT molecular complexity index is 1300. The van der Waals surface area contributed by atoms with E-state index >= 15 is 0 Å². The molecule has 1 aromatic heterocycles. The molecule has 0 fully saturated rings. The number of aryl methyl sites for hydroxylation is 3. The van der Waals surface area contributed by atoms with E-state index in [-0.39, 0.29) is 17.9 Å². The Balaban J connectivity index is 1.92. The van der Waals surface area contributed by atoms with Crippen molar-refractivity contribution in [1.82, 2.24) is 9.88 Å². The summed E-state index contributed by atoms with van der Waals surface area (Å²) in [6, 6.07) is 11.2. The van der Waals surface area contributed by atoms with Gasteiger partial charge in [-0.05, 0) is 54.3 Å². The average Bonchev–Trinajstić information content (AvgIpc) is 2.80. The molecule has 178 valence electrons. The summed E-state index contributed by atoms with van der Waals surface area (Å²) in [6.45, 7) is 3.55. The molecule has 0 aliphatic heterocycles. The number of anilines is 1. The van der Waals surface area contributed by atoms with Crippen LogP contribution in [0.25, 0.3) is 11.1 Å². The number of nitrogens with one attached hydrogen (secondary N) is 2. The third-order valence-corrected chi connectivity index (χ3v) is 5.50. The van der Waals surface area contributed by atoms with E-state index in [0.717, 1.165) is 16.7 Å². The van der Waals surface area contributed by atoms with E-state index in [1.54, 1.807) is 32.2 Å². The lowest BCUT2D eigenvalue weighted by molar-refractivity contribution is -0.137. The maximum Gasteiger partial charge on any atom is 0.319 e. The molecule has 2 aromatic carbocycles. The van der Waals surface area contributed by atoms with Gasteiger partial charge in [-0.1, -0.05) is 24.3 Å². The highest BCUT2D eigenvalue weighted by Gasteiger charge is 2.21. The largest absolute Gasteiger partial charge is 0.505 e. The number of amides is 2. The predicted molar refractivity (Wildman–Crippen MR) is 128 cm³/mol. The molecule has 0 saturated carbocycles. The van der Waals surface area contributed by atoms with Gasteiger partial charge in [0.25, 0.3) is 5.56 Å². The number of carboxylic acid groups (broad SMARTS) is 1. The summed E-state index contributed by atoms with van der Waals surface area (Å²) in [5.74, 6) is -0.767. The van der Waals surface area contributed by atoms with Crippen molar-refractivity contribution in [2.24, 2.45) is 7.05 Å². The first-order valence-corrected chi connectivity index (χ1v) is 10.5. The van der Waals surface area contributed by atoms with Gasteiger partial charge < -0.3 is 30.2 Å². The van der Waals surface area contributed by atoms with Crippen molar-refractivity contribution in [3.63, 3.8) is 0 Å². The van der Waals surface area contributed by atoms with Crippen molar-refractivity contribution in [3.05, 3.63) is 75.7 Å². The lowest BCUT2D eigenvalue weighted by Crippen LogP contribution is -2.36. The number of hydrogen-bond donors (Lipinski definition) is 4. The number of ether oxygens (including phenoxy) is 1. The van der Waals surface area contributed by atoms with Crippen LogP contribution >= 0.6 is 0 Å². The molecule has 9 nitrogen and oxygen atoms in total. The van der Waals surface area contributed by atoms with Gasteiger partial charge in [-0.3, -0.25) is 9.59 Å². The zero-order valence-electron chi connectivity index (χ0n) is 19.4. The van der Waals surface area contributed by atoms with Crippen LogP contribution in [0.3, 0.4) is 0 Å². The Hall–Kier alpha value is -4.27. The average molecular weight is 466 g/mol. The number of aromatic nitrogens is 1. The number of nitrogens with zero attached hydrogens (tertiary/aromatic N) is 1. The Morgan fingerprint density at radius 2 is 1.85 bits per heavy atom. The van der Waals surface area contributed by atoms with Gasteiger partial charge in [0.2, 0.25) is 0 Å². The lowest BCUT2D eigenvalue weighted by Gasteiger charge is -2.20. The second kappa shape index (κ2) is 10.1. The Morgan fingerprint density at radius 1 is 1.12 bits per heavy atom. The minimum Gasteiger partial charge on any atom is -0.505 e. The van der Waals surface area contributed by atoms with Crippen molar-refractivity contribution in [1.29, 1.82) is 0 Å². The van der Waals surface area contributed by atoms with Crippen LogP contribution in [0.5, 0.6) is 11.5 Å². The number of hydrogen-bond acceptors (Lipinski definition) is 5. The van der Waals surface area contributed by atoms with E-state index in [1.165, 1.54) is 17.8 Å². The number of aliphatic carboxylic acids is 1. The summed E-state index contributed by atoms with van der Waals surface area (Å²) in [4.78, 5) is 36.6. The Kier molecular flexibility index (Phi) is 7.25. The number of carbonyl (C=O) groups is 2. The number of aromatic hydroxyl groups is 1. The fraction of sp³-hybridized carbons (Fsp3) is 0.240. The van der Waals surface area contributed by atoms with Gasteiger partial charge in [-0.25, -0.2) is 4.79 Å². The van der Waals surface area contributed by atoms with Gasteiger partial charge in [0.1, 0.15) is 11.5 Å². The molecule has 1 unspecified atom stereocenters. The Morgan fingerprint density at radius 3 is 2.53 bits per heavy atom. The monoisotopic (exact) mass is 465 g/mol. The maximum absolute atomic E-state index is 12.7. The normalized spacial score (nSPS) is 11.5. The molecule has 2 amide bonds. The summed E-state index contributed by atoms with van der Waals surface area (Å²) in [6.07, 6.45) is 1.06. The summed E-state index contributed by atoms with van der Waals surface area (Å²) in [5, 5.41) is 24.6. The molecule has 1 atom stereocenters. The number of urea groups is 1. The van der Waals surface area contributed by atoms with Crippen LogP contribution < -0.4 is 20.9 Å². The second-order valence-corrected chi connectivity index (χ2v) is 8.01. The SMILES string of the molecule is COc1ccc(C)c(-c2cccc(C(CC(=O)O)NC(=O)Nc3c(O)c(C)cn(C)c3=O)c2)c1. The fourth-order valence-electron chi connectivity index (χ4n) is 3.69. The molecule has 0 aliphatic carbocycles. The van der Waals surface area contributed by atoms with Crippen LogP contribution in [0.2, 0.25) is 0 Å². The van der Waals surface area contributed by atoms with E-state index < -0.39 is 23.6 Å². The zero-order chi connectivity index (χ0) is 25.0. The van der Waals surface area contributed by atoms with Gasteiger partial charge in [0.05, 0.1) is 19.6 Å². The fourth-order valence-corrected chi connectivity index (χ4v) is 3.69. The lowest BCUT2D eigenvalue weighted by atomic mass is 9.95. The zero-order valence-corrected chi connectivity index (χ0v) is 19.4. The number of rotatable bonds is 7. The third-order valence-electron chi connectivity index (χ3n) is 5.50. The van der Waals surface area contributed by atoms with Crippen molar-refractivity contribution < 1.29 is 24.5 Å².